The van der Waals surface area contributed by atoms with Crippen molar-refractivity contribution in [3.63, 3.8) is 0 Å². The van der Waals surface area contributed by atoms with Gasteiger partial charge in [-0.05, 0) is 25.5 Å². The van der Waals surface area contributed by atoms with Crippen molar-refractivity contribution < 1.29 is 4.79 Å². The van der Waals surface area contributed by atoms with Crippen molar-refractivity contribution in [2.45, 2.75) is 26.3 Å². The molecule has 0 radical (unpaired) electrons. The lowest BCUT2D eigenvalue weighted by molar-refractivity contribution is -0.117. The van der Waals surface area contributed by atoms with E-state index in [2.05, 4.69) is 10.3 Å². The number of carbonyl (C=O) groups excluding carboxylic acids is 1. The Bertz CT molecular complexity index is 368. The van der Waals surface area contributed by atoms with E-state index < -0.39 is 6.04 Å². The quantitative estimate of drug-likeness (QED) is 0.773. The zero-order valence-corrected chi connectivity index (χ0v) is 9.51. The lowest BCUT2D eigenvalue weighted by Crippen LogP contribution is -2.35. The lowest BCUT2D eigenvalue weighted by Gasteiger charge is -2.11. The molecule has 82 valence electrons. The molecule has 1 aromatic heterocycles. The monoisotopic (exact) mass is 227 g/mol. The molecule has 15 heavy (non-hydrogen) atoms. The summed E-state index contributed by atoms with van der Waals surface area (Å²) >= 11 is 5.69. The molecular formula is C10H14ClN3O. The zero-order chi connectivity index (χ0) is 11.4. The molecule has 0 aliphatic carbocycles. The number of hydrogen-bond donors (Lipinski definition) is 2. The van der Waals surface area contributed by atoms with Crippen molar-refractivity contribution in [1.29, 1.82) is 0 Å². The third-order valence-electron chi connectivity index (χ3n) is 2.09. The fourth-order valence-corrected chi connectivity index (χ4v) is 1.26. The number of carbonyl (C=O) groups is 1. The highest BCUT2D eigenvalue weighted by molar-refractivity contribution is 6.29. The molecule has 1 rings (SSSR count). The van der Waals surface area contributed by atoms with E-state index in [4.69, 9.17) is 17.3 Å². The molecule has 0 bridgehead atoms. The van der Waals surface area contributed by atoms with Crippen LogP contribution in [0.25, 0.3) is 0 Å². The molecule has 5 heteroatoms. The van der Waals surface area contributed by atoms with Gasteiger partial charge in [-0.25, -0.2) is 4.98 Å². The summed E-state index contributed by atoms with van der Waals surface area (Å²) in [5, 5.41) is 3.11. The fraction of sp³-hybridized carbons (Fsp3) is 0.400. The Labute approximate surface area is 93.8 Å². The Hall–Kier alpha value is -1.13. The fourth-order valence-electron chi connectivity index (χ4n) is 1.07. The largest absolute Gasteiger partial charge is 0.323 e. The Balaban J connectivity index is 2.77. The third kappa shape index (κ3) is 3.18. The van der Waals surface area contributed by atoms with Crippen molar-refractivity contribution in [1.82, 2.24) is 4.98 Å². The van der Waals surface area contributed by atoms with Gasteiger partial charge in [0, 0.05) is 0 Å². The van der Waals surface area contributed by atoms with Gasteiger partial charge >= 0.3 is 0 Å². The molecule has 0 spiro atoms. The van der Waals surface area contributed by atoms with Crippen LogP contribution in [-0.4, -0.2) is 16.9 Å². The zero-order valence-electron chi connectivity index (χ0n) is 8.75. The first-order chi connectivity index (χ1) is 7.04. The van der Waals surface area contributed by atoms with Crippen LogP contribution in [0.2, 0.25) is 5.15 Å². The summed E-state index contributed by atoms with van der Waals surface area (Å²) in [6.45, 7) is 3.64. The highest BCUT2D eigenvalue weighted by Crippen LogP contribution is 2.15. The number of pyridine rings is 1. The first kappa shape index (κ1) is 11.9. The van der Waals surface area contributed by atoms with Crippen molar-refractivity contribution in [2.75, 3.05) is 5.32 Å². The molecule has 1 heterocycles. The van der Waals surface area contributed by atoms with Gasteiger partial charge in [-0.1, -0.05) is 18.5 Å². The van der Waals surface area contributed by atoms with E-state index in [0.717, 1.165) is 0 Å². The third-order valence-corrected chi connectivity index (χ3v) is 2.30. The first-order valence-corrected chi connectivity index (χ1v) is 5.12. The predicted octanol–water partition coefficient (Wildman–Crippen LogP) is 1.72. The number of aryl methyl sites for hydroxylation is 1. The highest BCUT2D eigenvalue weighted by Gasteiger charge is 2.12. The second-order valence-corrected chi connectivity index (χ2v) is 3.66. The average molecular weight is 228 g/mol. The first-order valence-electron chi connectivity index (χ1n) is 4.74. The summed E-state index contributed by atoms with van der Waals surface area (Å²) in [7, 11) is 0. The molecule has 1 amide bonds. The topological polar surface area (TPSA) is 68.0 Å². The second-order valence-electron chi connectivity index (χ2n) is 3.27. The molecule has 1 atom stereocenters. The number of amides is 1. The van der Waals surface area contributed by atoms with Crippen LogP contribution in [0.1, 0.15) is 19.0 Å². The number of halogens is 1. The van der Waals surface area contributed by atoms with E-state index in [1.807, 2.05) is 6.92 Å². The second kappa shape index (κ2) is 5.09. The van der Waals surface area contributed by atoms with E-state index in [1.54, 1.807) is 19.1 Å². The SMILES string of the molecule is CCC(N)C(=O)Nc1ccc(Cl)nc1C. The number of rotatable bonds is 3. The number of anilines is 1. The van der Waals surface area contributed by atoms with Crippen LogP contribution >= 0.6 is 11.6 Å². The smallest absolute Gasteiger partial charge is 0.241 e. The molecule has 4 nitrogen and oxygen atoms in total. The van der Waals surface area contributed by atoms with Gasteiger partial charge < -0.3 is 11.1 Å². The van der Waals surface area contributed by atoms with Crippen LogP contribution in [0, 0.1) is 6.92 Å². The number of nitrogens with two attached hydrogens (primary N) is 1. The number of aromatic nitrogens is 1. The van der Waals surface area contributed by atoms with Crippen molar-refractivity contribution in [3.8, 4) is 0 Å². The molecule has 0 saturated carbocycles. The highest BCUT2D eigenvalue weighted by atomic mass is 35.5. The molecule has 0 aliphatic heterocycles. The molecule has 0 aliphatic rings. The standard InChI is InChI=1S/C10H14ClN3O/c1-3-7(12)10(15)14-8-4-5-9(11)13-6(8)2/h4-5,7H,3,12H2,1-2H3,(H,14,15). The van der Waals surface area contributed by atoms with Gasteiger partial charge in [0.2, 0.25) is 5.91 Å². The van der Waals surface area contributed by atoms with Crippen LogP contribution in [-0.2, 0) is 4.79 Å². The van der Waals surface area contributed by atoms with Gasteiger partial charge in [-0.2, -0.15) is 0 Å². The minimum Gasteiger partial charge on any atom is -0.323 e. The van der Waals surface area contributed by atoms with Gasteiger partial charge in [0.1, 0.15) is 5.15 Å². The van der Waals surface area contributed by atoms with Gasteiger partial charge in [-0.15, -0.1) is 0 Å². The maximum Gasteiger partial charge on any atom is 0.241 e. The van der Waals surface area contributed by atoms with E-state index in [-0.39, 0.29) is 5.91 Å². The van der Waals surface area contributed by atoms with Crippen molar-refractivity contribution in [2.24, 2.45) is 5.73 Å². The molecule has 1 aromatic rings. The summed E-state index contributed by atoms with van der Waals surface area (Å²) in [6, 6.07) is 2.85. The van der Waals surface area contributed by atoms with Crippen molar-refractivity contribution in [3.05, 3.63) is 23.0 Å². The van der Waals surface area contributed by atoms with Gasteiger partial charge in [0.05, 0.1) is 17.4 Å². The number of nitrogens with zero attached hydrogens (tertiary/aromatic N) is 1. The van der Waals surface area contributed by atoms with E-state index in [1.165, 1.54) is 0 Å². The van der Waals surface area contributed by atoms with Crippen LogP contribution in [0.3, 0.4) is 0 Å². The maximum atomic E-state index is 11.5. The van der Waals surface area contributed by atoms with Gasteiger partial charge in [0.25, 0.3) is 0 Å². The van der Waals surface area contributed by atoms with E-state index in [0.29, 0.717) is 23.0 Å². The van der Waals surface area contributed by atoms with Crippen LogP contribution in [0.4, 0.5) is 5.69 Å². The molecular weight excluding hydrogens is 214 g/mol. The molecule has 1 unspecified atom stereocenters. The van der Waals surface area contributed by atoms with Crippen LogP contribution in [0.15, 0.2) is 12.1 Å². The summed E-state index contributed by atoms with van der Waals surface area (Å²) < 4.78 is 0. The van der Waals surface area contributed by atoms with Crippen molar-refractivity contribution >= 4 is 23.2 Å². The maximum absolute atomic E-state index is 11.5. The van der Waals surface area contributed by atoms with Crippen LogP contribution < -0.4 is 11.1 Å². The summed E-state index contributed by atoms with van der Waals surface area (Å²) in [6.07, 6.45) is 0.603. The van der Waals surface area contributed by atoms with Gasteiger partial charge in [-0.3, -0.25) is 4.79 Å². The van der Waals surface area contributed by atoms with E-state index in [9.17, 15) is 4.79 Å². The van der Waals surface area contributed by atoms with Crippen LogP contribution in [0.5, 0.6) is 0 Å². The Morgan fingerprint density at radius 3 is 2.87 bits per heavy atom. The average Bonchev–Trinajstić information content (AvgIpc) is 2.20. The Morgan fingerprint density at radius 2 is 2.33 bits per heavy atom. The number of nitrogens with one attached hydrogen (secondary N) is 1. The molecule has 0 saturated heterocycles. The summed E-state index contributed by atoms with van der Waals surface area (Å²) in [4.78, 5) is 15.5. The summed E-state index contributed by atoms with van der Waals surface area (Å²) in [5.74, 6) is -0.204. The lowest BCUT2D eigenvalue weighted by atomic mass is 10.2. The summed E-state index contributed by atoms with van der Waals surface area (Å²) in [5.41, 5.74) is 6.91. The minimum absolute atomic E-state index is 0.204. The normalized spacial score (nSPS) is 12.3. The Morgan fingerprint density at radius 1 is 1.67 bits per heavy atom. The molecule has 0 aromatic carbocycles. The van der Waals surface area contributed by atoms with E-state index >= 15 is 0 Å². The Kier molecular flexibility index (Phi) is 4.05. The predicted molar refractivity (Wildman–Crippen MR) is 60.9 cm³/mol. The van der Waals surface area contributed by atoms with Gasteiger partial charge in [0.15, 0.2) is 0 Å². The number of hydrogen-bond acceptors (Lipinski definition) is 3. The minimum atomic E-state index is -0.486. The molecule has 0 fully saturated rings. The molecule has 3 N–H and O–H groups in total.